The monoisotopic (exact) mass is 386 g/mol. The topological polar surface area (TPSA) is 64.6 Å². The van der Waals surface area contributed by atoms with Crippen LogP contribution >= 0.6 is 0 Å². The first kappa shape index (κ1) is 20.8. The molecule has 1 saturated heterocycles. The molecule has 0 aliphatic carbocycles. The van der Waals surface area contributed by atoms with Crippen molar-refractivity contribution in [3.8, 4) is 5.75 Å². The Labute approximate surface area is 168 Å². The summed E-state index contributed by atoms with van der Waals surface area (Å²) in [7, 11) is 1.71. The lowest BCUT2D eigenvalue weighted by Gasteiger charge is -2.41. The molecular formula is C22H34N4O2. The minimum atomic E-state index is 0.220. The zero-order valence-corrected chi connectivity index (χ0v) is 17.7. The molecule has 0 amide bonds. The van der Waals surface area contributed by atoms with Crippen molar-refractivity contribution in [2.24, 2.45) is 0 Å². The fraction of sp³-hybridized carbons (Fsp3) is 0.591. The predicted molar refractivity (Wildman–Crippen MR) is 112 cm³/mol. The Kier molecular flexibility index (Phi) is 7.10. The lowest BCUT2D eigenvalue weighted by atomic mass is 10.1. The highest BCUT2D eigenvalue weighted by molar-refractivity contribution is 5.36. The number of H-pyrrole nitrogens is 1. The average Bonchev–Trinajstić information content (AvgIpc) is 3.04. The maximum Gasteiger partial charge on any atom is 0.121 e. The number of nitrogens with zero attached hydrogens (tertiary/aromatic N) is 3. The van der Waals surface area contributed by atoms with Crippen LogP contribution in [0, 0.1) is 13.8 Å². The first-order chi connectivity index (χ1) is 13.5. The number of aliphatic hydroxyl groups is 1. The van der Waals surface area contributed by atoms with Crippen molar-refractivity contribution in [3.05, 3.63) is 46.5 Å². The zero-order chi connectivity index (χ0) is 20.1. The molecule has 1 aromatic heterocycles. The Morgan fingerprint density at radius 2 is 2.07 bits per heavy atom. The molecule has 2 heterocycles. The summed E-state index contributed by atoms with van der Waals surface area (Å²) in [5, 5.41) is 9.59. The molecule has 1 aromatic carbocycles. The van der Waals surface area contributed by atoms with E-state index in [2.05, 4.69) is 47.7 Å². The molecular weight excluding hydrogens is 352 g/mol. The van der Waals surface area contributed by atoms with Gasteiger partial charge >= 0.3 is 0 Å². The normalized spacial score (nSPS) is 18.5. The van der Waals surface area contributed by atoms with Crippen molar-refractivity contribution >= 4 is 0 Å². The zero-order valence-electron chi connectivity index (χ0n) is 17.7. The van der Waals surface area contributed by atoms with Crippen LogP contribution in [-0.4, -0.2) is 64.3 Å². The molecule has 2 N–H and O–H groups in total. The molecule has 6 heteroatoms. The fourth-order valence-corrected chi connectivity index (χ4v) is 4.10. The van der Waals surface area contributed by atoms with Crippen LogP contribution in [-0.2, 0) is 19.5 Å². The third kappa shape index (κ3) is 4.93. The summed E-state index contributed by atoms with van der Waals surface area (Å²) >= 11 is 0. The second kappa shape index (κ2) is 9.54. The molecule has 0 saturated carbocycles. The van der Waals surface area contributed by atoms with Crippen LogP contribution in [0.2, 0.25) is 0 Å². The van der Waals surface area contributed by atoms with E-state index < -0.39 is 0 Å². The summed E-state index contributed by atoms with van der Waals surface area (Å²) in [4.78, 5) is 13.1. The summed E-state index contributed by atoms with van der Waals surface area (Å²) in [6.07, 6.45) is 1.73. The van der Waals surface area contributed by atoms with Gasteiger partial charge in [0.15, 0.2) is 0 Å². The molecule has 3 rings (SSSR count). The summed E-state index contributed by atoms with van der Waals surface area (Å²) < 4.78 is 5.38. The predicted octanol–water partition coefficient (Wildman–Crippen LogP) is 2.67. The van der Waals surface area contributed by atoms with E-state index in [0.717, 1.165) is 68.4 Å². The molecule has 1 aliphatic heterocycles. The van der Waals surface area contributed by atoms with Crippen LogP contribution in [0.15, 0.2) is 18.2 Å². The SMILES string of the molecule is CCc1nc(CN2CCN(Cc3ccc(OC)c(C)c3)C(CCO)C2)c(C)[nH]1. The van der Waals surface area contributed by atoms with Gasteiger partial charge in [-0.25, -0.2) is 4.98 Å². The van der Waals surface area contributed by atoms with Crippen LogP contribution < -0.4 is 4.74 Å². The fourth-order valence-electron chi connectivity index (χ4n) is 4.10. The number of rotatable bonds is 8. The Bertz CT molecular complexity index is 774. The number of aromatic amines is 1. The van der Waals surface area contributed by atoms with Gasteiger partial charge in [0.2, 0.25) is 0 Å². The average molecular weight is 387 g/mol. The summed E-state index contributed by atoms with van der Waals surface area (Å²) in [6, 6.07) is 6.76. The number of imidazole rings is 1. The number of methoxy groups -OCH3 is 1. The molecule has 1 fully saturated rings. The number of aromatic nitrogens is 2. The van der Waals surface area contributed by atoms with Crippen LogP contribution in [0.4, 0.5) is 0 Å². The molecule has 0 bridgehead atoms. The molecule has 0 radical (unpaired) electrons. The highest BCUT2D eigenvalue weighted by atomic mass is 16.5. The molecule has 1 unspecified atom stereocenters. The summed E-state index contributed by atoms with van der Waals surface area (Å²) in [6.45, 7) is 11.3. The van der Waals surface area contributed by atoms with E-state index in [1.165, 1.54) is 11.3 Å². The van der Waals surface area contributed by atoms with E-state index in [9.17, 15) is 5.11 Å². The van der Waals surface area contributed by atoms with Gasteiger partial charge in [0, 0.05) is 57.5 Å². The van der Waals surface area contributed by atoms with Crippen LogP contribution in [0.3, 0.4) is 0 Å². The number of piperazine rings is 1. The lowest BCUT2D eigenvalue weighted by Crippen LogP contribution is -2.52. The van der Waals surface area contributed by atoms with E-state index >= 15 is 0 Å². The third-order valence-corrected chi connectivity index (χ3v) is 5.74. The van der Waals surface area contributed by atoms with Crippen LogP contribution in [0.5, 0.6) is 5.75 Å². The second-order valence-electron chi connectivity index (χ2n) is 7.78. The largest absolute Gasteiger partial charge is 0.496 e. The Morgan fingerprint density at radius 3 is 2.71 bits per heavy atom. The maximum atomic E-state index is 9.59. The van der Waals surface area contributed by atoms with Gasteiger partial charge < -0.3 is 14.8 Å². The van der Waals surface area contributed by atoms with Crippen LogP contribution in [0.1, 0.15) is 41.7 Å². The Morgan fingerprint density at radius 1 is 1.25 bits per heavy atom. The van der Waals surface area contributed by atoms with E-state index in [-0.39, 0.29) is 6.61 Å². The number of hydrogen-bond donors (Lipinski definition) is 2. The van der Waals surface area contributed by atoms with Crippen LogP contribution in [0.25, 0.3) is 0 Å². The van der Waals surface area contributed by atoms with E-state index in [1.807, 2.05) is 6.07 Å². The van der Waals surface area contributed by atoms with Gasteiger partial charge in [-0.2, -0.15) is 0 Å². The number of nitrogens with one attached hydrogen (secondary N) is 1. The van der Waals surface area contributed by atoms with Crippen molar-refractivity contribution in [1.29, 1.82) is 0 Å². The van der Waals surface area contributed by atoms with Crippen molar-refractivity contribution in [1.82, 2.24) is 19.8 Å². The minimum absolute atomic E-state index is 0.220. The van der Waals surface area contributed by atoms with Gasteiger partial charge in [-0.05, 0) is 37.5 Å². The quantitative estimate of drug-likeness (QED) is 0.730. The number of ether oxygens (including phenoxy) is 1. The van der Waals surface area contributed by atoms with Gasteiger partial charge in [0.1, 0.15) is 11.6 Å². The highest BCUT2D eigenvalue weighted by Gasteiger charge is 2.27. The lowest BCUT2D eigenvalue weighted by molar-refractivity contribution is 0.0493. The molecule has 154 valence electrons. The maximum absolute atomic E-state index is 9.59. The highest BCUT2D eigenvalue weighted by Crippen LogP contribution is 2.22. The summed E-state index contributed by atoms with van der Waals surface area (Å²) in [5.74, 6) is 1.99. The standard InChI is InChI=1S/C22H34N4O2/c1-5-22-23-17(3)20(24-22)15-25-9-10-26(19(14-25)8-11-27)13-18-6-7-21(28-4)16(2)12-18/h6-7,12,19,27H,5,8-11,13-15H2,1-4H3,(H,23,24). The van der Waals surface area contributed by atoms with E-state index in [0.29, 0.717) is 6.04 Å². The molecule has 0 spiro atoms. The van der Waals surface area contributed by atoms with Gasteiger partial charge in [-0.15, -0.1) is 0 Å². The van der Waals surface area contributed by atoms with Crippen molar-refractivity contribution in [2.75, 3.05) is 33.4 Å². The second-order valence-corrected chi connectivity index (χ2v) is 7.78. The Hall–Kier alpha value is -1.89. The smallest absolute Gasteiger partial charge is 0.121 e. The minimum Gasteiger partial charge on any atom is -0.496 e. The first-order valence-electron chi connectivity index (χ1n) is 10.3. The summed E-state index contributed by atoms with van der Waals surface area (Å²) in [5.41, 5.74) is 4.79. The molecule has 6 nitrogen and oxygen atoms in total. The van der Waals surface area contributed by atoms with E-state index in [4.69, 9.17) is 9.72 Å². The van der Waals surface area contributed by atoms with E-state index in [1.54, 1.807) is 7.11 Å². The first-order valence-corrected chi connectivity index (χ1v) is 10.3. The van der Waals surface area contributed by atoms with Gasteiger partial charge in [0.05, 0.1) is 12.8 Å². The van der Waals surface area contributed by atoms with Crippen molar-refractivity contribution in [3.63, 3.8) is 0 Å². The Balaban J connectivity index is 1.65. The molecule has 1 atom stereocenters. The number of aryl methyl sites for hydroxylation is 3. The molecule has 28 heavy (non-hydrogen) atoms. The number of benzene rings is 1. The molecule has 2 aromatic rings. The van der Waals surface area contributed by atoms with Gasteiger partial charge in [0.25, 0.3) is 0 Å². The third-order valence-electron chi connectivity index (χ3n) is 5.74. The number of aliphatic hydroxyl groups excluding tert-OH is 1. The van der Waals surface area contributed by atoms with Crippen molar-refractivity contribution < 1.29 is 9.84 Å². The number of hydrogen-bond acceptors (Lipinski definition) is 5. The molecule has 1 aliphatic rings. The van der Waals surface area contributed by atoms with Crippen molar-refractivity contribution in [2.45, 2.75) is 52.7 Å². The van der Waals surface area contributed by atoms with Gasteiger partial charge in [-0.1, -0.05) is 19.1 Å². The van der Waals surface area contributed by atoms with Gasteiger partial charge in [-0.3, -0.25) is 9.80 Å².